The SMILES string of the molecule is N#Cc1c(N)nc(SCc2coc(-c3ccc(Cl)cc3)n2)c(C#N)c1-c1ccc(OC[C@@H](COC(=O)CCCCCN)OC(=O)[C@@H](N)CCCCN)cc1. The van der Waals surface area contributed by atoms with E-state index in [1.54, 1.807) is 48.5 Å². The van der Waals surface area contributed by atoms with E-state index >= 15 is 0 Å². The molecule has 8 N–H and O–H groups in total. The summed E-state index contributed by atoms with van der Waals surface area (Å²) < 4.78 is 22.6. The highest BCUT2D eigenvalue weighted by Crippen LogP contribution is 2.37. The number of nitrogens with zero attached hydrogens (tertiary/aromatic N) is 4. The topological polar surface area (TPSA) is 252 Å². The van der Waals surface area contributed by atoms with Crippen LogP contribution in [0.2, 0.25) is 5.02 Å². The van der Waals surface area contributed by atoms with Gasteiger partial charge in [-0.3, -0.25) is 9.59 Å². The number of pyridine rings is 1. The Kier molecular flexibility index (Phi) is 16.6. The standard InChI is InChI=1S/C38H43ClN8O6S/c39-26-12-8-25(9-13-26)36-46-27(20-52-36)23-54-37-31(19-43)34(30(18-42)35(45)47-37)24-10-14-28(15-11-24)50-21-29(22-51-33(48)7-2-1-4-16-40)53-38(49)32(44)6-3-5-17-41/h8-15,20,29,32H,1-7,16-17,21-23,40-41,44H2,(H2,45,47)/t29-,32-/m0/s1. The van der Waals surface area contributed by atoms with Gasteiger partial charge in [0, 0.05) is 28.3 Å². The minimum Gasteiger partial charge on any atom is -0.490 e. The number of aromatic nitrogens is 2. The van der Waals surface area contributed by atoms with Gasteiger partial charge in [0.05, 0.1) is 11.3 Å². The number of halogens is 1. The Morgan fingerprint density at radius 2 is 1.57 bits per heavy atom. The second-order valence-corrected chi connectivity index (χ2v) is 13.6. The van der Waals surface area contributed by atoms with Crippen LogP contribution in [0.15, 0.2) is 64.2 Å². The van der Waals surface area contributed by atoms with Crippen LogP contribution in [0.1, 0.15) is 61.8 Å². The van der Waals surface area contributed by atoms with Gasteiger partial charge in [-0.25, -0.2) is 9.97 Å². The van der Waals surface area contributed by atoms with E-state index in [2.05, 4.69) is 22.1 Å². The summed E-state index contributed by atoms with van der Waals surface area (Å²) in [6.45, 7) is 0.670. The molecule has 284 valence electrons. The maximum Gasteiger partial charge on any atom is 0.323 e. The quantitative estimate of drug-likeness (QED) is 0.0464. The highest BCUT2D eigenvalue weighted by molar-refractivity contribution is 7.98. The Labute approximate surface area is 323 Å². The fourth-order valence-corrected chi connectivity index (χ4v) is 6.18. The van der Waals surface area contributed by atoms with E-state index < -0.39 is 24.1 Å². The van der Waals surface area contributed by atoms with Crippen LogP contribution >= 0.6 is 23.4 Å². The number of ether oxygens (including phenoxy) is 3. The summed E-state index contributed by atoms with van der Waals surface area (Å²) in [6, 6.07) is 17.1. The molecule has 0 aliphatic heterocycles. The number of carbonyl (C=O) groups is 2. The number of benzene rings is 2. The summed E-state index contributed by atoms with van der Waals surface area (Å²) in [7, 11) is 0. The first-order valence-corrected chi connectivity index (χ1v) is 18.8. The predicted octanol–water partition coefficient (Wildman–Crippen LogP) is 5.48. The van der Waals surface area contributed by atoms with Crippen molar-refractivity contribution in [2.24, 2.45) is 17.2 Å². The van der Waals surface area contributed by atoms with Gasteiger partial charge in [-0.2, -0.15) is 10.5 Å². The lowest BCUT2D eigenvalue weighted by Gasteiger charge is -2.21. The number of nitrogen functional groups attached to an aromatic ring is 1. The van der Waals surface area contributed by atoms with E-state index in [1.807, 2.05) is 0 Å². The van der Waals surface area contributed by atoms with Gasteiger partial charge in [0.1, 0.15) is 59.8 Å². The lowest BCUT2D eigenvalue weighted by molar-refractivity contribution is -0.162. The molecule has 0 radical (unpaired) electrons. The lowest BCUT2D eigenvalue weighted by Crippen LogP contribution is -2.39. The molecule has 2 atom stereocenters. The van der Waals surface area contributed by atoms with E-state index in [-0.39, 0.29) is 36.6 Å². The van der Waals surface area contributed by atoms with Gasteiger partial charge in [0.25, 0.3) is 0 Å². The number of oxazole rings is 1. The molecular weight excluding hydrogens is 732 g/mol. The van der Waals surface area contributed by atoms with Crippen molar-refractivity contribution in [3.63, 3.8) is 0 Å². The molecule has 0 bridgehead atoms. The number of thioether (sulfide) groups is 1. The number of nitriles is 2. The number of carbonyl (C=O) groups excluding carboxylic acids is 2. The molecule has 0 unspecified atom stereocenters. The van der Waals surface area contributed by atoms with Gasteiger partial charge in [0.15, 0.2) is 6.10 Å². The Bertz CT molecular complexity index is 1930. The first-order valence-electron chi connectivity index (χ1n) is 17.4. The number of nitrogens with two attached hydrogens (primary N) is 4. The van der Waals surface area contributed by atoms with Crippen molar-refractivity contribution in [1.29, 1.82) is 10.5 Å². The molecule has 54 heavy (non-hydrogen) atoms. The summed E-state index contributed by atoms with van der Waals surface area (Å²) in [5, 5.41) is 21.2. The van der Waals surface area contributed by atoms with Gasteiger partial charge in [-0.05, 0) is 80.7 Å². The van der Waals surface area contributed by atoms with E-state index in [4.69, 9.17) is 53.2 Å². The van der Waals surface area contributed by atoms with Crippen LogP contribution < -0.4 is 27.7 Å². The van der Waals surface area contributed by atoms with Crippen molar-refractivity contribution in [3.05, 3.63) is 76.6 Å². The first kappa shape index (κ1) is 41.6. The van der Waals surface area contributed by atoms with Crippen molar-refractivity contribution < 1.29 is 28.2 Å². The molecule has 4 rings (SSSR count). The second-order valence-electron chi connectivity index (χ2n) is 12.2. The molecule has 16 heteroatoms. The van der Waals surface area contributed by atoms with Gasteiger partial charge >= 0.3 is 11.9 Å². The summed E-state index contributed by atoms with van der Waals surface area (Å²) in [5.74, 6) is 0.0123. The zero-order valence-corrected chi connectivity index (χ0v) is 31.2. The zero-order valence-electron chi connectivity index (χ0n) is 29.7. The first-order chi connectivity index (χ1) is 26.2. The van der Waals surface area contributed by atoms with E-state index in [0.717, 1.165) is 24.8 Å². The van der Waals surface area contributed by atoms with Gasteiger partial charge < -0.3 is 41.6 Å². The third-order valence-electron chi connectivity index (χ3n) is 8.06. The van der Waals surface area contributed by atoms with E-state index in [0.29, 0.717) is 76.6 Å². The van der Waals surface area contributed by atoms with E-state index in [9.17, 15) is 20.1 Å². The van der Waals surface area contributed by atoms with E-state index in [1.165, 1.54) is 18.0 Å². The fourth-order valence-electron chi connectivity index (χ4n) is 5.18. The molecule has 0 saturated heterocycles. The van der Waals surface area contributed by atoms with Gasteiger partial charge in [0.2, 0.25) is 5.89 Å². The summed E-state index contributed by atoms with van der Waals surface area (Å²) in [5.41, 5.74) is 25.8. The minimum absolute atomic E-state index is 0.0313. The average Bonchev–Trinajstić information content (AvgIpc) is 3.66. The molecule has 0 amide bonds. The molecule has 0 spiro atoms. The molecule has 2 heterocycles. The number of esters is 2. The normalized spacial score (nSPS) is 12.0. The van der Waals surface area contributed by atoms with Crippen LogP contribution in [0.3, 0.4) is 0 Å². The largest absolute Gasteiger partial charge is 0.490 e. The molecule has 2 aromatic heterocycles. The summed E-state index contributed by atoms with van der Waals surface area (Å²) >= 11 is 7.22. The van der Waals surface area contributed by atoms with Crippen molar-refractivity contribution in [2.75, 3.05) is 32.0 Å². The van der Waals surface area contributed by atoms with Crippen molar-refractivity contribution in [3.8, 4) is 40.5 Å². The van der Waals surface area contributed by atoms with Crippen molar-refractivity contribution >= 4 is 41.1 Å². The molecule has 0 saturated carbocycles. The Morgan fingerprint density at radius 3 is 2.26 bits per heavy atom. The third kappa shape index (κ3) is 12.2. The highest BCUT2D eigenvalue weighted by atomic mass is 35.5. The van der Waals surface area contributed by atoms with Crippen LogP contribution in [-0.2, 0) is 24.8 Å². The zero-order chi connectivity index (χ0) is 38.9. The highest BCUT2D eigenvalue weighted by Gasteiger charge is 2.24. The number of anilines is 1. The van der Waals surface area contributed by atoms with Crippen LogP contribution in [-0.4, -0.2) is 60.4 Å². The molecule has 0 aliphatic rings. The maximum absolute atomic E-state index is 12.8. The van der Waals surface area contributed by atoms with Gasteiger partial charge in [-0.1, -0.05) is 48.3 Å². The Hall–Kier alpha value is -5.16. The second kappa shape index (κ2) is 21.5. The summed E-state index contributed by atoms with van der Waals surface area (Å²) in [4.78, 5) is 34.0. The van der Waals surface area contributed by atoms with Crippen LogP contribution in [0.25, 0.3) is 22.6 Å². The molecule has 4 aromatic rings. The Balaban J connectivity index is 1.47. The Morgan fingerprint density at radius 1 is 0.889 bits per heavy atom. The van der Waals surface area contributed by atoms with Crippen LogP contribution in [0.5, 0.6) is 5.75 Å². The molecular formula is C38H43ClN8O6S. The average molecular weight is 775 g/mol. The molecule has 14 nitrogen and oxygen atoms in total. The number of hydrogen-bond donors (Lipinski definition) is 4. The number of unbranched alkanes of at least 4 members (excludes halogenated alkanes) is 3. The monoisotopic (exact) mass is 774 g/mol. The predicted molar refractivity (Wildman–Crippen MR) is 205 cm³/mol. The number of hydrogen-bond acceptors (Lipinski definition) is 15. The molecule has 2 aromatic carbocycles. The molecule has 0 aliphatic carbocycles. The van der Waals surface area contributed by atoms with Crippen molar-refractivity contribution in [2.45, 2.75) is 67.9 Å². The fraction of sp³-hybridized carbons (Fsp3) is 0.368. The number of rotatable bonds is 21. The van der Waals surface area contributed by atoms with Crippen LogP contribution in [0.4, 0.5) is 5.82 Å². The summed E-state index contributed by atoms with van der Waals surface area (Å²) in [6.07, 6.45) is 4.81. The lowest BCUT2D eigenvalue weighted by atomic mass is 9.97. The minimum atomic E-state index is -0.937. The van der Waals surface area contributed by atoms with Gasteiger partial charge in [-0.15, -0.1) is 0 Å². The van der Waals surface area contributed by atoms with Crippen molar-refractivity contribution in [1.82, 2.24) is 9.97 Å². The van der Waals surface area contributed by atoms with Crippen LogP contribution in [0, 0.1) is 22.7 Å². The third-order valence-corrected chi connectivity index (χ3v) is 9.33. The maximum atomic E-state index is 12.8. The molecule has 0 fully saturated rings. The smallest absolute Gasteiger partial charge is 0.323 e.